The summed E-state index contributed by atoms with van der Waals surface area (Å²) < 4.78 is 0. The van der Waals surface area contributed by atoms with E-state index in [-0.39, 0.29) is 34.0 Å². The molecule has 0 atom stereocenters. The summed E-state index contributed by atoms with van der Waals surface area (Å²) in [4.78, 5) is 0. The number of halogens is 2. The van der Waals surface area contributed by atoms with Gasteiger partial charge in [-0.3, -0.25) is 0 Å². The van der Waals surface area contributed by atoms with Crippen LogP contribution < -0.4 is 0 Å². The third-order valence-corrected chi connectivity index (χ3v) is 0. The zero-order valence-corrected chi connectivity index (χ0v) is 7.51. The van der Waals surface area contributed by atoms with E-state index in [0.29, 0.717) is 0 Å². The molecule has 0 unspecified atom stereocenters. The molecule has 0 amide bonds. The predicted octanol–water partition coefficient (Wildman–Crippen LogP) is 2.13. The molecule has 0 radical (unpaired) electrons. The molecule has 0 fully saturated rings. The number of rotatable bonds is 0. The van der Waals surface area contributed by atoms with E-state index in [2.05, 4.69) is 16.0 Å². The standard InChI is InChI=1S/C2H5.2BrH.Mn/c1-2;;;/h1H2,2H3;2*1H;. The Morgan fingerprint density at radius 2 is 1.40 bits per heavy atom. The van der Waals surface area contributed by atoms with E-state index in [0.717, 1.165) is 5.32 Å². The van der Waals surface area contributed by atoms with Crippen LogP contribution in [0, 0.1) is 0 Å². The third kappa shape index (κ3) is 30.3. The van der Waals surface area contributed by atoms with E-state index in [1.54, 1.807) is 0 Å². The first-order valence-electron chi connectivity index (χ1n) is 0.974. The zero-order chi connectivity index (χ0) is 2.71. The number of hydrogen-bond donors (Lipinski definition) is 0. The van der Waals surface area contributed by atoms with Crippen LogP contribution >= 0.6 is 34.0 Å². The van der Waals surface area contributed by atoms with E-state index in [9.17, 15) is 0 Å². The molecule has 5 heavy (non-hydrogen) atoms. The zero-order valence-electron chi connectivity index (χ0n) is 2.90. The fourth-order valence-corrected chi connectivity index (χ4v) is 0. The Balaban J connectivity index is -0.0000000200. The van der Waals surface area contributed by atoms with E-state index in [1.807, 2.05) is 6.92 Å². The molecule has 0 heterocycles. The van der Waals surface area contributed by atoms with Gasteiger partial charge in [0, 0.05) is 0 Å². The van der Waals surface area contributed by atoms with E-state index >= 15 is 0 Å². The van der Waals surface area contributed by atoms with Gasteiger partial charge >= 0.3 is 28.3 Å². The van der Waals surface area contributed by atoms with E-state index in [1.165, 1.54) is 0 Å². The van der Waals surface area contributed by atoms with E-state index < -0.39 is 0 Å². The summed E-state index contributed by atoms with van der Waals surface area (Å²) in [7, 11) is 0. The van der Waals surface area contributed by atoms with Crippen LogP contribution in [0.25, 0.3) is 0 Å². The average Bonchev–Trinajstić information content (AvgIpc) is 0.918. The van der Waals surface area contributed by atoms with Gasteiger partial charge in [0.05, 0.1) is 0 Å². The third-order valence-electron chi connectivity index (χ3n) is 0. The van der Waals surface area contributed by atoms with Crippen LogP contribution in [0.3, 0.4) is 0 Å². The molecule has 0 aliphatic heterocycles. The van der Waals surface area contributed by atoms with Gasteiger partial charge in [0.1, 0.15) is 0 Å². The monoisotopic (exact) mass is 244 g/mol. The molecule has 0 aliphatic carbocycles. The Bertz CT molecular complexity index is 7.61. The van der Waals surface area contributed by atoms with Crippen molar-refractivity contribution in [2.75, 3.05) is 0 Å². The van der Waals surface area contributed by atoms with Gasteiger partial charge in [-0.25, -0.2) is 0 Å². The van der Waals surface area contributed by atoms with Crippen molar-refractivity contribution in [1.82, 2.24) is 0 Å². The minimum atomic E-state index is 0. The van der Waals surface area contributed by atoms with Crippen molar-refractivity contribution in [2.24, 2.45) is 0 Å². The van der Waals surface area contributed by atoms with Crippen LogP contribution in [-0.2, 0) is 16.0 Å². The van der Waals surface area contributed by atoms with Crippen LogP contribution in [0.2, 0.25) is 5.32 Å². The molecule has 0 bridgehead atoms. The van der Waals surface area contributed by atoms with Crippen LogP contribution in [0.1, 0.15) is 6.92 Å². The van der Waals surface area contributed by atoms with Crippen molar-refractivity contribution in [3.63, 3.8) is 0 Å². The van der Waals surface area contributed by atoms with Crippen LogP contribution in [0.5, 0.6) is 0 Å². The molecule has 0 aliphatic rings. The van der Waals surface area contributed by atoms with Crippen LogP contribution in [-0.4, -0.2) is 0 Å². The maximum atomic E-state index is 3.15. The molecule has 0 saturated heterocycles. The number of hydrogen-bond acceptors (Lipinski definition) is 0. The van der Waals surface area contributed by atoms with Crippen LogP contribution in [0.4, 0.5) is 0 Å². The minimum absolute atomic E-state index is 0. The molecule has 0 rings (SSSR count). The van der Waals surface area contributed by atoms with Gasteiger partial charge in [0.25, 0.3) is 0 Å². The second kappa shape index (κ2) is 17.9. The summed E-state index contributed by atoms with van der Waals surface area (Å²) in [5, 5.41) is 1.06. The summed E-state index contributed by atoms with van der Waals surface area (Å²) in [6.07, 6.45) is 0. The van der Waals surface area contributed by atoms with Gasteiger partial charge in [-0.2, -0.15) is 0 Å². The first-order chi connectivity index (χ1) is 1.41. The molecule has 0 aromatic heterocycles. The quantitative estimate of drug-likeness (QED) is 0.574. The first kappa shape index (κ1) is 16.1. The van der Waals surface area contributed by atoms with Gasteiger partial charge in [-0.05, 0) is 0 Å². The van der Waals surface area contributed by atoms with E-state index in [4.69, 9.17) is 0 Å². The Kier molecular flexibility index (Phi) is 57.5. The van der Waals surface area contributed by atoms with Crippen molar-refractivity contribution in [3.8, 4) is 0 Å². The summed E-state index contributed by atoms with van der Waals surface area (Å²) in [5.74, 6) is 0. The molecular weight excluding hydrogens is 239 g/mol. The Morgan fingerprint density at radius 1 is 1.40 bits per heavy atom. The normalized spacial score (nSPS) is 3.60. The molecule has 0 aromatic carbocycles. The maximum absolute atomic E-state index is 3.15. The van der Waals surface area contributed by atoms with Gasteiger partial charge in [-0.1, -0.05) is 0 Å². The fourth-order valence-electron chi connectivity index (χ4n) is 0. The van der Waals surface area contributed by atoms with Crippen molar-refractivity contribution in [1.29, 1.82) is 0 Å². The molecule has 0 N–H and O–H groups in total. The van der Waals surface area contributed by atoms with Gasteiger partial charge in [0.15, 0.2) is 0 Å². The predicted molar refractivity (Wildman–Crippen MR) is 31.1 cm³/mol. The van der Waals surface area contributed by atoms with Crippen molar-refractivity contribution >= 4 is 34.0 Å². The van der Waals surface area contributed by atoms with Gasteiger partial charge in [-0.15, -0.1) is 34.0 Å². The van der Waals surface area contributed by atoms with Crippen molar-refractivity contribution < 1.29 is 16.0 Å². The van der Waals surface area contributed by atoms with Crippen molar-refractivity contribution in [2.45, 2.75) is 12.2 Å². The topological polar surface area (TPSA) is 0 Å². The Hall–Kier alpha value is 1.48. The SMILES string of the molecule is Br.Br.C[CH2][Mn]. The van der Waals surface area contributed by atoms with Gasteiger partial charge in [0.2, 0.25) is 0 Å². The molecular formula is C2H7Br2Mn. The second-order valence-electron chi connectivity index (χ2n) is 0.267. The molecule has 0 nitrogen and oxygen atoms in total. The van der Waals surface area contributed by atoms with Crippen molar-refractivity contribution in [3.05, 3.63) is 0 Å². The Morgan fingerprint density at radius 3 is 1.40 bits per heavy atom. The summed E-state index contributed by atoms with van der Waals surface area (Å²) in [6.45, 7) is 2.04. The molecule has 36 valence electrons. The molecule has 0 aromatic rings. The van der Waals surface area contributed by atoms with Crippen LogP contribution in [0.15, 0.2) is 0 Å². The molecule has 0 saturated carbocycles. The first-order valence-corrected chi connectivity index (χ1v) is 1.81. The second-order valence-corrected chi connectivity index (χ2v) is 1.10. The molecule has 3 heteroatoms. The average molecular weight is 246 g/mol. The Labute approximate surface area is 62.1 Å². The summed E-state index contributed by atoms with van der Waals surface area (Å²) in [6, 6.07) is 0. The summed E-state index contributed by atoms with van der Waals surface area (Å²) >= 11 is 3.15. The van der Waals surface area contributed by atoms with Gasteiger partial charge < -0.3 is 0 Å². The summed E-state index contributed by atoms with van der Waals surface area (Å²) in [5.41, 5.74) is 0. The fraction of sp³-hybridized carbons (Fsp3) is 1.00. The molecule has 0 spiro atoms.